The summed E-state index contributed by atoms with van der Waals surface area (Å²) in [6.07, 6.45) is 10.3. The maximum absolute atomic E-state index is 15.1. The molecule has 1 aromatic heterocycles. The average molecular weight is 542 g/mol. The molecular formula is C34H36FNO4. The predicted octanol–water partition coefficient (Wildman–Crippen LogP) is 7.24. The second-order valence-electron chi connectivity index (χ2n) is 11.4. The third-order valence-electron chi connectivity index (χ3n) is 9.35. The van der Waals surface area contributed by atoms with Gasteiger partial charge in [0, 0.05) is 22.5 Å². The van der Waals surface area contributed by atoms with Gasteiger partial charge in [-0.2, -0.15) is 0 Å². The Labute approximate surface area is 235 Å². The highest BCUT2D eigenvalue weighted by Gasteiger charge is 2.62. The molecule has 3 aromatic rings. The van der Waals surface area contributed by atoms with Crippen LogP contribution in [0.15, 0.2) is 61.3 Å². The summed E-state index contributed by atoms with van der Waals surface area (Å²) in [5.41, 5.74) is 5.62. The summed E-state index contributed by atoms with van der Waals surface area (Å²) in [4.78, 5) is 16.5. The standard InChI is InChI=1S/C34H36FNO4/c1-4-33(13-6-7-14-33)28-16-22(8-11-25(28)26-18-31(38-3)36-20-30(26)35)21-40-24-10-9-23-12-15-34(27(23)17-24)19-29(34)32(37)39-5-2/h4,8-11,16-18,20,29H,1,5-7,12-15,19,21H2,2-3H3. The number of fused-ring (bicyclic) bond motifs is 2. The van der Waals surface area contributed by atoms with Gasteiger partial charge in [-0.15, -0.1) is 6.58 Å². The van der Waals surface area contributed by atoms with Crippen molar-refractivity contribution in [3.05, 3.63) is 89.4 Å². The number of carbonyl (C=O) groups excluding carboxylic acids is 1. The van der Waals surface area contributed by atoms with Gasteiger partial charge in [0.05, 0.1) is 25.8 Å². The van der Waals surface area contributed by atoms with Gasteiger partial charge in [-0.05, 0) is 79.0 Å². The molecule has 0 bridgehead atoms. The Hall–Kier alpha value is -3.67. The van der Waals surface area contributed by atoms with Crippen molar-refractivity contribution < 1.29 is 23.4 Å². The Morgan fingerprint density at radius 1 is 1.10 bits per heavy atom. The summed E-state index contributed by atoms with van der Waals surface area (Å²) < 4.78 is 32.0. The van der Waals surface area contributed by atoms with Crippen molar-refractivity contribution in [2.45, 2.75) is 69.3 Å². The van der Waals surface area contributed by atoms with Crippen LogP contribution in [0, 0.1) is 11.7 Å². The van der Waals surface area contributed by atoms with E-state index in [-0.39, 0.29) is 28.5 Å². The van der Waals surface area contributed by atoms with Crippen LogP contribution in [0.4, 0.5) is 4.39 Å². The van der Waals surface area contributed by atoms with Crippen LogP contribution < -0.4 is 9.47 Å². The lowest BCUT2D eigenvalue weighted by atomic mass is 9.75. The number of aryl methyl sites for hydroxylation is 1. The number of pyridine rings is 1. The Kier molecular flexibility index (Phi) is 6.89. The van der Waals surface area contributed by atoms with Gasteiger partial charge in [-0.3, -0.25) is 4.79 Å². The lowest BCUT2D eigenvalue weighted by Crippen LogP contribution is -2.20. The average Bonchev–Trinajstić information content (AvgIpc) is 3.31. The van der Waals surface area contributed by atoms with E-state index in [1.165, 1.54) is 24.4 Å². The van der Waals surface area contributed by atoms with E-state index in [2.05, 4.69) is 29.8 Å². The van der Waals surface area contributed by atoms with Crippen LogP contribution in [-0.2, 0) is 33.4 Å². The highest BCUT2D eigenvalue weighted by molar-refractivity contribution is 5.80. The maximum Gasteiger partial charge on any atom is 0.309 e. The highest BCUT2D eigenvalue weighted by Crippen LogP contribution is 2.62. The number of carbonyl (C=O) groups is 1. The molecule has 3 aliphatic rings. The number of allylic oxidation sites excluding steroid dienone is 1. The maximum atomic E-state index is 15.1. The van der Waals surface area contributed by atoms with E-state index in [1.54, 1.807) is 6.07 Å². The third kappa shape index (κ3) is 4.47. The lowest BCUT2D eigenvalue weighted by Gasteiger charge is -2.29. The number of rotatable bonds is 9. The lowest BCUT2D eigenvalue weighted by molar-refractivity contribution is -0.145. The molecule has 2 unspecified atom stereocenters. The van der Waals surface area contributed by atoms with Gasteiger partial charge >= 0.3 is 5.97 Å². The van der Waals surface area contributed by atoms with Crippen molar-refractivity contribution in [2.24, 2.45) is 5.92 Å². The first-order valence-corrected chi connectivity index (χ1v) is 14.3. The number of hydrogen-bond donors (Lipinski definition) is 0. The van der Waals surface area contributed by atoms with Crippen LogP contribution in [0.25, 0.3) is 11.1 Å². The molecule has 1 heterocycles. The van der Waals surface area contributed by atoms with Crippen molar-refractivity contribution in [1.82, 2.24) is 4.98 Å². The first kappa shape index (κ1) is 26.5. The van der Waals surface area contributed by atoms with E-state index in [9.17, 15) is 4.79 Å². The van der Waals surface area contributed by atoms with E-state index >= 15 is 4.39 Å². The van der Waals surface area contributed by atoms with Crippen molar-refractivity contribution in [3.8, 4) is 22.8 Å². The molecule has 2 aromatic carbocycles. The number of halogens is 1. The molecule has 2 saturated carbocycles. The zero-order chi connectivity index (χ0) is 27.9. The molecule has 0 saturated heterocycles. The number of methoxy groups -OCH3 is 1. The second-order valence-corrected chi connectivity index (χ2v) is 11.4. The van der Waals surface area contributed by atoms with E-state index in [1.807, 2.05) is 31.2 Å². The van der Waals surface area contributed by atoms with Crippen LogP contribution in [0.5, 0.6) is 11.6 Å². The second kappa shape index (κ2) is 10.4. The molecular weight excluding hydrogens is 505 g/mol. The Balaban J connectivity index is 1.29. The molecule has 1 spiro atoms. The Morgan fingerprint density at radius 2 is 1.93 bits per heavy atom. The first-order chi connectivity index (χ1) is 19.4. The molecule has 6 rings (SSSR count). The predicted molar refractivity (Wildman–Crippen MR) is 152 cm³/mol. The number of hydrogen-bond acceptors (Lipinski definition) is 5. The van der Waals surface area contributed by atoms with Crippen LogP contribution in [0.3, 0.4) is 0 Å². The molecule has 2 fully saturated rings. The molecule has 2 atom stereocenters. The fraction of sp³-hybridized carbons (Fsp3) is 0.412. The Bertz CT molecular complexity index is 1460. The zero-order valence-electron chi connectivity index (χ0n) is 23.3. The van der Waals surface area contributed by atoms with Gasteiger partial charge in [-0.1, -0.05) is 43.2 Å². The minimum atomic E-state index is -0.378. The zero-order valence-corrected chi connectivity index (χ0v) is 23.3. The van der Waals surface area contributed by atoms with Crippen LogP contribution in [-0.4, -0.2) is 24.7 Å². The number of ether oxygens (including phenoxy) is 3. The van der Waals surface area contributed by atoms with Gasteiger partial charge in [-0.25, -0.2) is 9.37 Å². The van der Waals surface area contributed by atoms with Gasteiger partial charge in [0.15, 0.2) is 0 Å². The van der Waals surface area contributed by atoms with Gasteiger partial charge in [0.1, 0.15) is 18.2 Å². The van der Waals surface area contributed by atoms with E-state index < -0.39 is 0 Å². The summed E-state index contributed by atoms with van der Waals surface area (Å²) in [7, 11) is 1.54. The molecule has 5 nitrogen and oxygen atoms in total. The Morgan fingerprint density at radius 3 is 2.67 bits per heavy atom. The number of nitrogens with zero attached hydrogens (tertiary/aromatic N) is 1. The molecule has 0 amide bonds. The topological polar surface area (TPSA) is 57.7 Å². The third-order valence-corrected chi connectivity index (χ3v) is 9.35. The van der Waals surface area contributed by atoms with Gasteiger partial charge < -0.3 is 14.2 Å². The first-order valence-electron chi connectivity index (χ1n) is 14.3. The minimum Gasteiger partial charge on any atom is -0.489 e. The molecule has 6 heteroatoms. The molecule has 0 N–H and O–H groups in total. The smallest absolute Gasteiger partial charge is 0.309 e. The van der Waals surface area contributed by atoms with E-state index in [0.717, 1.165) is 67.4 Å². The largest absolute Gasteiger partial charge is 0.489 e. The van der Waals surface area contributed by atoms with E-state index in [0.29, 0.717) is 24.7 Å². The van der Waals surface area contributed by atoms with Crippen LogP contribution in [0.2, 0.25) is 0 Å². The van der Waals surface area contributed by atoms with Crippen molar-refractivity contribution in [1.29, 1.82) is 0 Å². The van der Waals surface area contributed by atoms with Crippen molar-refractivity contribution in [2.75, 3.05) is 13.7 Å². The molecule has 208 valence electrons. The van der Waals surface area contributed by atoms with Crippen molar-refractivity contribution in [3.63, 3.8) is 0 Å². The van der Waals surface area contributed by atoms with Crippen molar-refractivity contribution >= 4 is 5.97 Å². The molecule has 0 aliphatic heterocycles. The fourth-order valence-electron chi connectivity index (χ4n) is 7.07. The minimum absolute atomic E-state index is 0.0484. The fourth-order valence-corrected chi connectivity index (χ4v) is 7.07. The molecule has 40 heavy (non-hydrogen) atoms. The van der Waals surface area contributed by atoms with E-state index in [4.69, 9.17) is 14.2 Å². The van der Waals surface area contributed by atoms with Gasteiger partial charge in [0.25, 0.3) is 0 Å². The monoisotopic (exact) mass is 541 g/mol. The highest BCUT2D eigenvalue weighted by atomic mass is 19.1. The number of esters is 1. The SMILES string of the molecule is C=CC1(c2cc(COc3ccc4c(c3)C3(CC4)CC3C(=O)OCC)ccc2-c2cc(OC)ncc2F)CCCC1. The summed E-state index contributed by atoms with van der Waals surface area (Å²) >= 11 is 0. The number of benzene rings is 2. The van der Waals surface area contributed by atoms with Crippen LogP contribution >= 0.6 is 0 Å². The quantitative estimate of drug-likeness (QED) is 0.211. The summed E-state index contributed by atoms with van der Waals surface area (Å²) in [6.45, 7) is 6.85. The summed E-state index contributed by atoms with van der Waals surface area (Å²) in [5, 5.41) is 0. The van der Waals surface area contributed by atoms with Crippen LogP contribution in [0.1, 0.15) is 67.7 Å². The summed E-state index contributed by atoms with van der Waals surface area (Å²) in [5.74, 6) is 0.665. The van der Waals surface area contributed by atoms with Gasteiger partial charge in [0.2, 0.25) is 5.88 Å². The summed E-state index contributed by atoms with van der Waals surface area (Å²) in [6, 6.07) is 14.1. The normalized spacial score (nSPS) is 22.1. The molecule has 0 radical (unpaired) electrons. The molecule has 3 aliphatic carbocycles. The number of aromatic nitrogens is 1.